The molecular weight excluding hydrogens is 314 g/mol. The minimum Gasteiger partial charge on any atom is -0.496 e. The van der Waals surface area contributed by atoms with Gasteiger partial charge >= 0.3 is 5.97 Å². The first kappa shape index (κ1) is 19.0. The molecule has 0 saturated heterocycles. The molecule has 0 aliphatic heterocycles. The Morgan fingerprint density at radius 3 is 2.44 bits per heavy atom. The molecule has 0 bridgehead atoms. The molecule has 2 N–H and O–H groups in total. The average Bonchev–Trinajstić information content (AvgIpc) is 2.61. The van der Waals surface area contributed by atoms with Gasteiger partial charge in [-0.3, -0.25) is 4.79 Å². The second-order valence-electron chi connectivity index (χ2n) is 6.69. The summed E-state index contributed by atoms with van der Waals surface area (Å²) in [5, 5.41) is 12.6. The quantitative estimate of drug-likeness (QED) is 0.718. The molecule has 0 radical (unpaired) electrons. The number of aliphatic carboxylic acids is 1. The maximum Gasteiger partial charge on any atom is 0.307 e. The van der Waals surface area contributed by atoms with Crippen molar-refractivity contribution in [2.45, 2.75) is 26.8 Å². The third-order valence-corrected chi connectivity index (χ3v) is 4.20. The Labute approximate surface area is 149 Å². The van der Waals surface area contributed by atoms with Crippen LogP contribution in [0.25, 0.3) is 11.1 Å². The van der Waals surface area contributed by atoms with Crippen molar-refractivity contribution in [1.29, 1.82) is 0 Å². The lowest BCUT2D eigenvalue weighted by Gasteiger charge is -2.17. The number of hydrogen-bond donors (Lipinski definition) is 2. The molecule has 2 aromatic rings. The summed E-state index contributed by atoms with van der Waals surface area (Å²) >= 11 is 0. The summed E-state index contributed by atoms with van der Waals surface area (Å²) in [6.07, 6.45) is 0.670. The van der Waals surface area contributed by atoms with Gasteiger partial charge in [0.1, 0.15) is 5.75 Å². The second-order valence-corrected chi connectivity index (χ2v) is 6.69. The normalized spacial score (nSPS) is 12.2. The Hall–Kier alpha value is -2.33. The number of carbonyl (C=O) groups is 1. The highest BCUT2D eigenvalue weighted by atomic mass is 16.5. The van der Waals surface area contributed by atoms with Crippen LogP contribution in [0.5, 0.6) is 5.75 Å². The van der Waals surface area contributed by atoms with Gasteiger partial charge in [0.05, 0.1) is 13.0 Å². The van der Waals surface area contributed by atoms with E-state index in [0.717, 1.165) is 22.4 Å². The number of carboxylic acids is 1. The zero-order valence-electron chi connectivity index (χ0n) is 15.2. The van der Waals surface area contributed by atoms with Crippen molar-refractivity contribution in [2.75, 3.05) is 13.7 Å². The van der Waals surface area contributed by atoms with Crippen molar-refractivity contribution in [3.8, 4) is 16.9 Å². The van der Waals surface area contributed by atoms with Crippen molar-refractivity contribution in [3.63, 3.8) is 0 Å². The van der Waals surface area contributed by atoms with Crippen molar-refractivity contribution in [3.05, 3.63) is 54.1 Å². The highest BCUT2D eigenvalue weighted by Crippen LogP contribution is 2.26. The number of ether oxygens (including phenoxy) is 1. The molecule has 4 heteroatoms. The van der Waals surface area contributed by atoms with E-state index < -0.39 is 5.97 Å². The van der Waals surface area contributed by atoms with Gasteiger partial charge in [0.15, 0.2) is 0 Å². The maximum absolute atomic E-state index is 11.4. The predicted octanol–water partition coefficient (Wildman–Crippen LogP) is 4.20. The summed E-state index contributed by atoms with van der Waals surface area (Å²) in [5.74, 6) is 0.0521. The molecule has 0 fully saturated rings. The van der Waals surface area contributed by atoms with Gasteiger partial charge < -0.3 is 15.2 Å². The summed E-state index contributed by atoms with van der Waals surface area (Å²) in [7, 11) is 1.65. The molecule has 1 unspecified atom stereocenters. The van der Waals surface area contributed by atoms with Crippen LogP contribution < -0.4 is 10.1 Å². The summed E-state index contributed by atoms with van der Waals surface area (Å²) in [6.45, 7) is 5.11. The molecule has 2 rings (SSSR count). The fourth-order valence-electron chi connectivity index (χ4n) is 2.95. The maximum atomic E-state index is 11.4. The molecule has 0 aromatic heterocycles. The first-order valence-electron chi connectivity index (χ1n) is 8.67. The zero-order valence-corrected chi connectivity index (χ0v) is 15.2. The van der Waals surface area contributed by atoms with Crippen LogP contribution in [0.3, 0.4) is 0 Å². The van der Waals surface area contributed by atoms with Gasteiger partial charge in [-0.15, -0.1) is 0 Å². The first-order chi connectivity index (χ1) is 12.0. The molecule has 0 amide bonds. The summed E-state index contributed by atoms with van der Waals surface area (Å²) in [6, 6.07) is 16.3. The minimum atomic E-state index is -0.744. The van der Waals surface area contributed by atoms with Gasteiger partial charge in [0.2, 0.25) is 0 Å². The molecule has 0 aliphatic rings. The number of hydrogen-bond acceptors (Lipinski definition) is 3. The monoisotopic (exact) mass is 341 g/mol. The number of benzene rings is 2. The van der Waals surface area contributed by atoms with E-state index in [1.54, 1.807) is 7.11 Å². The number of rotatable bonds is 9. The van der Waals surface area contributed by atoms with Crippen molar-refractivity contribution < 1.29 is 14.6 Å². The van der Waals surface area contributed by atoms with Gasteiger partial charge in [-0.2, -0.15) is 0 Å². The highest BCUT2D eigenvalue weighted by molar-refractivity contribution is 5.70. The van der Waals surface area contributed by atoms with Crippen LogP contribution in [0.4, 0.5) is 0 Å². The lowest BCUT2D eigenvalue weighted by atomic mass is 9.97. The Kier molecular flexibility index (Phi) is 7.02. The topological polar surface area (TPSA) is 58.6 Å². The Morgan fingerprint density at radius 2 is 1.84 bits per heavy atom. The smallest absolute Gasteiger partial charge is 0.307 e. The fourth-order valence-corrected chi connectivity index (χ4v) is 2.95. The molecular formula is C21H27NO3. The van der Waals surface area contributed by atoms with E-state index >= 15 is 0 Å². The van der Waals surface area contributed by atoms with Crippen molar-refractivity contribution in [1.82, 2.24) is 5.32 Å². The molecule has 0 heterocycles. The molecule has 0 aliphatic carbocycles. The third-order valence-electron chi connectivity index (χ3n) is 4.20. The van der Waals surface area contributed by atoms with Gasteiger partial charge in [-0.25, -0.2) is 0 Å². The van der Waals surface area contributed by atoms with E-state index in [-0.39, 0.29) is 5.92 Å². The first-order valence-corrected chi connectivity index (χ1v) is 8.67. The van der Waals surface area contributed by atoms with E-state index in [9.17, 15) is 9.90 Å². The van der Waals surface area contributed by atoms with E-state index in [0.29, 0.717) is 25.4 Å². The summed E-state index contributed by atoms with van der Waals surface area (Å²) in [4.78, 5) is 11.4. The molecule has 0 saturated carbocycles. The second kappa shape index (κ2) is 9.23. The minimum absolute atomic E-state index is 0.360. The largest absolute Gasteiger partial charge is 0.496 e. The zero-order chi connectivity index (χ0) is 18.2. The summed E-state index contributed by atoms with van der Waals surface area (Å²) in [5.41, 5.74) is 3.29. The Bertz CT molecular complexity index is 683. The van der Waals surface area contributed by atoms with Crippen LogP contribution in [0.1, 0.15) is 25.8 Å². The van der Waals surface area contributed by atoms with Crippen LogP contribution >= 0.6 is 0 Å². The van der Waals surface area contributed by atoms with Crippen LogP contribution in [-0.2, 0) is 11.3 Å². The lowest BCUT2D eigenvalue weighted by Crippen LogP contribution is -2.29. The molecule has 2 aromatic carbocycles. The third kappa shape index (κ3) is 5.61. The van der Waals surface area contributed by atoms with Crippen LogP contribution in [0.2, 0.25) is 0 Å². The average molecular weight is 341 g/mol. The lowest BCUT2D eigenvalue weighted by molar-refractivity contribution is -0.142. The molecule has 134 valence electrons. The molecule has 1 atom stereocenters. The van der Waals surface area contributed by atoms with Gasteiger partial charge in [-0.1, -0.05) is 50.2 Å². The standard InChI is InChI=1S/C21H27NO3/c1-15(2)11-19(21(23)24)14-22-13-18-12-17(9-10-20(18)25-3)16-7-5-4-6-8-16/h4-10,12,15,19,22H,11,13-14H2,1-3H3,(H,23,24). The van der Waals surface area contributed by atoms with Gasteiger partial charge in [0.25, 0.3) is 0 Å². The van der Waals surface area contributed by atoms with E-state index in [4.69, 9.17) is 4.74 Å². The number of nitrogens with one attached hydrogen (secondary N) is 1. The highest BCUT2D eigenvalue weighted by Gasteiger charge is 2.18. The van der Waals surface area contributed by atoms with Gasteiger partial charge in [0, 0.05) is 18.7 Å². The van der Waals surface area contributed by atoms with E-state index in [1.807, 2.05) is 44.2 Å². The summed E-state index contributed by atoms with van der Waals surface area (Å²) < 4.78 is 5.45. The van der Waals surface area contributed by atoms with E-state index in [1.165, 1.54) is 0 Å². The van der Waals surface area contributed by atoms with Crippen LogP contribution in [0.15, 0.2) is 48.5 Å². The Morgan fingerprint density at radius 1 is 1.12 bits per heavy atom. The van der Waals surface area contributed by atoms with E-state index in [2.05, 4.69) is 23.5 Å². The number of carboxylic acid groups (broad SMARTS) is 1. The fraction of sp³-hybridized carbons (Fsp3) is 0.381. The molecule has 0 spiro atoms. The molecule has 25 heavy (non-hydrogen) atoms. The van der Waals surface area contributed by atoms with Crippen molar-refractivity contribution >= 4 is 5.97 Å². The van der Waals surface area contributed by atoms with Crippen LogP contribution in [-0.4, -0.2) is 24.7 Å². The predicted molar refractivity (Wildman–Crippen MR) is 101 cm³/mol. The number of methoxy groups -OCH3 is 1. The van der Waals surface area contributed by atoms with Gasteiger partial charge in [-0.05, 0) is 35.6 Å². The Balaban J connectivity index is 2.08. The van der Waals surface area contributed by atoms with Crippen LogP contribution in [0, 0.1) is 11.8 Å². The SMILES string of the molecule is COc1ccc(-c2ccccc2)cc1CNCC(CC(C)C)C(=O)O. The molecule has 4 nitrogen and oxygen atoms in total. The van der Waals surface area contributed by atoms with Crippen molar-refractivity contribution in [2.24, 2.45) is 11.8 Å².